The Morgan fingerprint density at radius 3 is 2.88 bits per heavy atom. The minimum absolute atomic E-state index is 0.0504. The molecule has 1 unspecified atom stereocenters. The number of hydrogen-bond acceptors (Lipinski definition) is 3. The van der Waals surface area contributed by atoms with E-state index in [-0.39, 0.29) is 17.9 Å². The minimum Gasteiger partial charge on any atom is -0.353 e. The second-order valence-corrected chi connectivity index (χ2v) is 4.73. The van der Waals surface area contributed by atoms with E-state index >= 15 is 0 Å². The van der Waals surface area contributed by atoms with Gasteiger partial charge in [0.05, 0.1) is 0 Å². The Bertz CT molecular complexity index is 289. The molecule has 2 fully saturated rings. The van der Waals surface area contributed by atoms with Gasteiger partial charge in [0.15, 0.2) is 0 Å². The van der Waals surface area contributed by atoms with Crippen molar-refractivity contribution in [2.24, 2.45) is 5.73 Å². The van der Waals surface area contributed by atoms with Crippen LogP contribution in [-0.4, -0.2) is 41.9 Å². The van der Waals surface area contributed by atoms with E-state index in [0.29, 0.717) is 32.0 Å². The third kappa shape index (κ3) is 3.20. The number of carbonyl (C=O) groups is 2. The molecule has 1 atom stereocenters. The van der Waals surface area contributed by atoms with Crippen LogP contribution in [0.4, 0.5) is 0 Å². The second-order valence-electron chi connectivity index (χ2n) is 4.73. The van der Waals surface area contributed by atoms with Crippen LogP contribution < -0.4 is 11.1 Å². The van der Waals surface area contributed by atoms with E-state index in [9.17, 15) is 9.59 Å². The smallest absolute Gasteiger partial charge is 0.222 e. The highest BCUT2D eigenvalue weighted by atomic mass is 16.2. The lowest BCUT2D eigenvalue weighted by Crippen LogP contribution is -2.47. The molecule has 2 aliphatic rings. The van der Waals surface area contributed by atoms with Crippen molar-refractivity contribution in [2.45, 2.75) is 44.2 Å². The van der Waals surface area contributed by atoms with E-state index in [1.807, 2.05) is 0 Å². The van der Waals surface area contributed by atoms with Crippen molar-refractivity contribution < 1.29 is 9.59 Å². The average molecular weight is 225 g/mol. The lowest BCUT2D eigenvalue weighted by Gasteiger charge is -2.30. The molecule has 1 aliphatic heterocycles. The van der Waals surface area contributed by atoms with E-state index < -0.39 is 0 Å². The normalized spacial score (nSPS) is 25.7. The predicted octanol–water partition coefficient (Wildman–Crippen LogP) is -0.395. The highest BCUT2D eigenvalue weighted by Gasteiger charge is 2.25. The summed E-state index contributed by atoms with van der Waals surface area (Å²) in [6.07, 6.45) is 3.88. The third-order valence-corrected chi connectivity index (χ3v) is 3.09. The summed E-state index contributed by atoms with van der Waals surface area (Å²) < 4.78 is 0. The van der Waals surface area contributed by atoms with Crippen molar-refractivity contribution in [3.63, 3.8) is 0 Å². The largest absolute Gasteiger partial charge is 0.353 e. The first kappa shape index (κ1) is 11.4. The van der Waals surface area contributed by atoms with Crippen LogP contribution in [0.1, 0.15) is 32.1 Å². The number of likely N-dealkylation sites (tertiary alicyclic amines) is 1. The van der Waals surface area contributed by atoms with Gasteiger partial charge in [0.25, 0.3) is 0 Å². The van der Waals surface area contributed by atoms with E-state index in [2.05, 4.69) is 5.32 Å². The van der Waals surface area contributed by atoms with Crippen molar-refractivity contribution in [3.8, 4) is 0 Å². The first-order valence-electron chi connectivity index (χ1n) is 5.98. The van der Waals surface area contributed by atoms with Crippen molar-refractivity contribution in [1.29, 1.82) is 0 Å². The van der Waals surface area contributed by atoms with Crippen LogP contribution in [0.15, 0.2) is 0 Å². The van der Waals surface area contributed by atoms with Crippen molar-refractivity contribution in [3.05, 3.63) is 0 Å². The quantitative estimate of drug-likeness (QED) is 0.684. The molecule has 16 heavy (non-hydrogen) atoms. The standard InChI is InChI=1S/C11H19N3O2/c12-8-1-4-11(16)14(7-8)6-5-10(15)13-9-2-3-9/h8-9H,1-7,12H2,(H,13,15). The van der Waals surface area contributed by atoms with E-state index in [1.165, 1.54) is 0 Å². The number of nitrogens with one attached hydrogen (secondary N) is 1. The Kier molecular flexibility index (Phi) is 3.43. The molecule has 0 bridgehead atoms. The van der Waals surface area contributed by atoms with Gasteiger partial charge in [-0.05, 0) is 19.3 Å². The molecule has 5 heteroatoms. The Labute approximate surface area is 95.3 Å². The highest BCUT2D eigenvalue weighted by molar-refractivity contribution is 5.79. The first-order valence-corrected chi connectivity index (χ1v) is 5.98. The molecule has 90 valence electrons. The van der Waals surface area contributed by atoms with Gasteiger partial charge in [0.2, 0.25) is 11.8 Å². The maximum absolute atomic E-state index is 11.5. The molecule has 2 rings (SSSR count). The number of rotatable bonds is 4. The Balaban J connectivity index is 1.70. The number of piperidine rings is 1. The fraction of sp³-hybridized carbons (Fsp3) is 0.818. The molecule has 0 radical (unpaired) electrons. The van der Waals surface area contributed by atoms with Gasteiger partial charge >= 0.3 is 0 Å². The number of nitrogens with zero attached hydrogens (tertiary/aromatic N) is 1. The topological polar surface area (TPSA) is 75.4 Å². The summed E-state index contributed by atoms with van der Waals surface area (Å²) in [6.45, 7) is 1.10. The molecule has 2 amide bonds. The Hall–Kier alpha value is -1.10. The third-order valence-electron chi connectivity index (χ3n) is 3.09. The maximum atomic E-state index is 11.5. The molecule has 1 aliphatic carbocycles. The van der Waals surface area contributed by atoms with Gasteiger partial charge in [-0.2, -0.15) is 0 Å². The van der Waals surface area contributed by atoms with Crippen molar-refractivity contribution in [1.82, 2.24) is 10.2 Å². The van der Waals surface area contributed by atoms with Crippen molar-refractivity contribution in [2.75, 3.05) is 13.1 Å². The lowest BCUT2D eigenvalue weighted by molar-refractivity contribution is -0.134. The van der Waals surface area contributed by atoms with E-state index in [4.69, 9.17) is 5.73 Å². The summed E-state index contributed by atoms with van der Waals surface area (Å²) in [5.74, 6) is 0.176. The molecule has 1 saturated carbocycles. The fourth-order valence-electron chi connectivity index (χ4n) is 1.92. The van der Waals surface area contributed by atoms with Crippen molar-refractivity contribution >= 4 is 11.8 Å². The van der Waals surface area contributed by atoms with Crippen LogP contribution in [0.5, 0.6) is 0 Å². The van der Waals surface area contributed by atoms with Crippen LogP contribution in [0.3, 0.4) is 0 Å². The molecule has 1 heterocycles. The molecule has 0 spiro atoms. The van der Waals surface area contributed by atoms with Crippen LogP contribution in [0.2, 0.25) is 0 Å². The fourth-order valence-corrected chi connectivity index (χ4v) is 1.92. The van der Waals surface area contributed by atoms with Gasteiger partial charge in [-0.25, -0.2) is 0 Å². The number of nitrogens with two attached hydrogens (primary N) is 1. The number of carbonyl (C=O) groups excluding carboxylic acids is 2. The molecule has 1 saturated heterocycles. The van der Waals surface area contributed by atoms with E-state index in [0.717, 1.165) is 19.3 Å². The zero-order chi connectivity index (χ0) is 11.5. The van der Waals surface area contributed by atoms with E-state index in [1.54, 1.807) is 4.90 Å². The summed E-state index contributed by atoms with van der Waals surface area (Å²) in [4.78, 5) is 24.7. The van der Waals surface area contributed by atoms with Gasteiger partial charge in [0, 0.05) is 38.0 Å². The van der Waals surface area contributed by atoms with Crippen LogP contribution in [0.25, 0.3) is 0 Å². The Morgan fingerprint density at radius 2 is 2.19 bits per heavy atom. The number of hydrogen-bond donors (Lipinski definition) is 2. The van der Waals surface area contributed by atoms with Crippen LogP contribution >= 0.6 is 0 Å². The van der Waals surface area contributed by atoms with Gasteiger partial charge in [0.1, 0.15) is 0 Å². The zero-order valence-corrected chi connectivity index (χ0v) is 9.45. The molecular weight excluding hydrogens is 206 g/mol. The minimum atomic E-state index is 0.0504. The van der Waals surface area contributed by atoms with Gasteiger partial charge in [-0.15, -0.1) is 0 Å². The van der Waals surface area contributed by atoms with Gasteiger partial charge in [-0.1, -0.05) is 0 Å². The Morgan fingerprint density at radius 1 is 1.44 bits per heavy atom. The molecule has 0 aromatic rings. The average Bonchev–Trinajstić information content (AvgIpc) is 3.03. The highest BCUT2D eigenvalue weighted by Crippen LogP contribution is 2.18. The predicted molar refractivity (Wildman–Crippen MR) is 59.6 cm³/mol. The molecule has 0 aromatic heterocycles. The second kappa shape index (κ2) is 4.82. The van der Waals surface area contributed by atoms with Crippen LogP contribution in [0, 0.1) is 0 Å². The van der Waals surface area contributed by atoms with Gasteiger partial charge < -0.3 is 16.0 Å². The molecule has 5 nitrogen and oxygen atoms in total. The molecular formula is C11H19N3O2. The summed E-state index contributed by atoms with van der Waals surface area (Å²) in [6, 6.07) is 0.469. The first-order chi connectivity index (χ1) is 7.65. The summed E-state index contributed by atoms with van der Waals surface area (Å²) in [5.41, 5.74) is 5.79. The molecule has 3 N–H and O–H groups in total. The van der Waals surface area contributed by atoms with Crippen LogP contribution in [-0.2, 0) is 9.59 Å². The molecule has 0 aromatic carbocycles. The zero-order valence-electron chi connectivity index (χ0n) is 9.45. The SMILES string of the molecule is NC1CCC(=O)N(CCC(=O)NC2CC2)C1. The summed E-state index contributed by atoms with van der Waals surface area (Å²) in [5, 5.41) is 2.91. The maximum Gasteiger partial charge on any atom is 0.222 e. The lowest BCUT2D eigenvalue weighted by atomic mass is 10.1. The summed E-state index contributed by atoms with van der Waals surface area (Å²) >= 11 is 0. The number of amides is 2. The van der Waals surface area contributed by atoms with Gasteiger partial charge in [-0.3, -0.25) is 9.59 Å². The summed E-state index contributed by atoms with van der Waals surface area (Å²) in [7, 11) is 0. The monoisotopic (exact) mass is 225 g/mol.